The molecule has 3 heterocycles. The first-order chi connectivity index (χ1) is 13.7. The van der Waals surface area contributed by atoms with Gasteiger partial charge in [0.2, 0.25) is 11.8 Å². The number of carbonyl (C=O) groups excluding carboxylic acids is 2. The summed E-state index contributed by atoms with van der Waals surface area (Å²) in [6.45, 7) is 1.77. The predicted molar refractivity (Wildman–Crippen MR) is 108 cm³/mol. The molecule has 2 amide bonds. The molecule has 0 spiro atoms. The lowest BCUT2D eigenvalue weighted by atomic mass is 10.0. The summed E-state index contributed by atoms with van der Waals surface area (Å²) >= 11 is 0. The number of hydrogen-bond donors (Lipinski definition) is 2. The molecule has 1 saturated heterocycles. The summed E-state index contributed by atoms with van der Waals surface area (Å²) in [6, 6.07) is 12.0. The van der Waals surface area contributed by atoms with E-state index in [2.05, 4.69) is 15.3 Å². The summed E-state index contributed by atoms with van der Waals surface area (Å²) in [4.78, 5) is 33.9. The number of benzene rings is 1. The van der Waals surface area contributed by atoms with Gasteiger partial charge in [0.05, 0.1) is 6.42 Å². The fourth-order valence-electron chi connectivity index (χ4n) is 3.57. The van der Waals surface area contributed by atoms with Crippen LogP contribution in [0.2, 0.25) is 0 Å². The van der Waals surface area contributed by atoms with Gasteiger partial charge in [-0.15, -0.1) is 0 Å². The third-order valence-electron chi connectivity index (χ3n) is 5.56. The molecule has 0 radical (unpaired) electrons. The van der Waals surface area contributed by atoms with Crippen molar-refractivity contribution in [2.24, 2.45) is 5.92 Å². The first-order valence-corrected chi connectivity index (χ1v) is 9.83. The Morgan fingerprint density at radius 2 is 1.93 bits per heavy atom. The van der Waals surface area contributed by atoms with Gasteiger partial charge in [0, 0.05) is 30.6 Å². The number of carbonyl (C=O) groups is 2. The highest BCUT2D eigenvalue weighted by atomic mass is 16.2. The zero-order valence-corrected chi connectivity index (χ0v) is 15.6. The van der Waals surface area contributed by atoms with Crippen LogP contribution in [0.4, 0.5) is 5.82 Å². The molecule has 2 aromatic heterocycles. The highest BCUT2D eigenvalue weighted by Gasteiger charge is 2.30. The maximum absolute atomic E-state index is 12.2. The van der Waals surface area contributed by atoms with E-state index in [-0.39, 0.29) is 17.7 Å². The lowest BCUT2D eigenvalue weighted by Crippen LogP contribution is -2.42. The van der Waals surface area contributed by atoms with Crippen molar-refractivity contribution in [3.63, 3.8) is 0 Å². The number of aromatic nitrogens is 2. The molecule has 1 aliphatic heterocycles. The normalized spacial score (nSPS) is 16.1. The first-order valence-electron chi connectivity index (χ1n) is 9.83. The second-order valence-electron chi connectivity index (χ2n) is 7.67. The Hall–Kier alpha value is -3.15. The third kappa shape index (κ3) is 3.26. The SMILES string of the molecule is O=C(Nc1cc(-c2ccc(CC(=O)N3CCC3)cc2)c2cc[nH]c2n1)C1CC1. The van der Waals surface area contributed by atoms with Crippen LogP contribution in [0.5, 0.6) is 0 Å². The Morgan fingerprint density at radius 3 is 2.61 bits per heavy atom. The van der Waals surface area contributed by atoms with Gasteiger partial charge in [-0.05, 0) is 48.1 Å². The molecule has 6 heteroatoms. The smallest absolute Gasteiger partial charge is 0.228 e. The number of fused-ring (bicyclic) bond motifs is 1. The summed E-state index contributed by atoms with van der Waals surface area (Å²) in [5.74, 6) is 0.942. The van der Waals surface area contributed by atoms with Crippen molar-refractivity contribution in [2.45, 2.75) is 25.7 Å². The number of rotatable bonds is 5. The number of aromatic amines is 1. The Balaban J connectivity index is 1.41. The number of hydrogen-bond acceptors (Lipinski definition) is 3. The second-order valence-corrected chi connectivity index (χ2v) is 7.67. The van der Waals surface area contributed by atoms with Gasteiger partial charge in [0.1, 0.15) is 11.5 Å². The number of pyridine rings is 1. The molecule has 142 valence electrons. The van der Waals surface area contributed by atoms with Gasteiger partial charge in [0.15, 0.2) is 0 Å². The monoisotopic (exact) mass is 374 g/mol. The number of nitrogens with one attached hydrogen (secondary N) is 2. The fraction of sp³-hybridized carbons (Fsp3) is 0.318. The maximum atomic E-state index is 12.2. The largest absolute Gasteiger partial charge is 0.346 e. The molecule has 0 bridgehead atoms. The molecule has 1 aliphatic carbocycles. The van der Waals surface area contributed by atoms with Crippen LogP contribution in [0.3, 0.4) is 0 Å². The molecule has 0 atom stereocenters. The standard InChI is InChI=1S/C22H22N4O2/c27-20(26-10-1-11-26)12-14-2-4-15(5-3-14)18-13-19(25-22(28)16-6-7-16)24-21-17(18)8-9-23-21/h2-5,8-9,13,16H,1,6-7,10-12H2,(H2,23,24,25,28). The van der Waals surface area contributed by atoms with Crippen LogP contribution in [0.25, 0.3) is 22.2 Å². The van der Waals surface area contributed by atoms with Crippen LogP contribution in [0.15, 0.2) is 42.6 Å². The Morgan fingerprint density at radius 1 is 1.14 bits per heavy atom. The van der Waals surface area contributed by atoms with Crippen LogP contribution in [0.1, 0.15) is 24.8 Å². The highest BCUT2D eigenvalue weighted by Crippen LogP contribution is 2.33. The van der Waals surface area contributed by atoms with Gasteiger partial charge in [0.25, 0.3) is 0 Å². The van der Waals surface area contributed by atoms with E-state index in [4.69, 9.17) is 0 Å². The van der Waals surface area contributed by atoms with Gasteiger partial charge in [-0.1, -0.05) is 24.3 Å². The highest BCUT2D eigenvalue weighted by molar-refractivity contribution is 5.99. The summed E-state index contributed by atoms with van der Waals surface area (Å²) in [5.41, 5.74) is 3.81. The molecule has 6 nitrogen and oxygen atoms in total. The zero-order valence-electron chi connectivity index (χ0n) is 15.6. The van der Waals surface area contributed by atoms with E-state index in [1.54, 1.807) is 0 Å². The van der Waals surface area contributed by atoms with Crippen molar-refractivity contribution in [3.05, 3.63) is 48.2 Å². The van der Waals surface area contributed by atoms with E-state index in [0.29, 0.717) is 12.2 Å². The number of anilines is 1. The zero-order chi connectivity index (χ0) is 19.1. The minimum Gasteiger partial charge on any atom is -0.346 e. The van der Waals surface area contributed by atoms with Crippen LogP contribution in [0, 0.1) is 5.92 Å². The molecule has 0 unspecified atom stereocenters. The fourth-order valence-corrected chi connectivity index (χ4v) is 3.57. The maximum Gasteiger partial charge on any atom is 0.228 e. The van der Waals surface area contributed by atoms with Crippen LogP contribution in [-0.2, 0) is 16.0 Å². The quantitative estimate of drug-likeness (QED) is 0.719. The second kappa shape index (κ2) is 6.78. The minimum atomic E-state index is 0.0456. The molecule has 2 N–H and O–H groups in total. The third-order valence-corrected chi connectivity index (χ3v) is 5.56. The van der Waals surface area contributed by atoms with Gasteiger partial charge >= 0.3 is 0 Å². The topological polar surface area (TPSA) is 78.1 Å². The lowest BCUT2D eigenvalue weighted by molar-refractivity contribution is -0.133. The van der Waals surface area contributed by atoms with E-state index in [9.17, 15) is 9.59 Å². The molecule has 2 fully saturated rings. The molecule has 3 aromatic rings. The first kappa shape index (κ1) is 17.0. The minimum absolute atomic E-state index is 0.0456. The van der Waals surface area contributed by atoms with E-state index in [1.807, 2.05) is 47.5 Å². The molecule has 1 saturated carbocycles. The molecular weight excluding hydrogens is 352 g/mol. The summed E-state index contributed by atoms with van der Waals surface area (Å²) in [6.07, 6.45) is 5.33. The molecular formula is C22H22N4O2. The van der Waals surface area contributed by atoms with E-state index in [1.165, 1.54) is 0 Å². The summed E-state index contributed by atoms with van der Waals surface area (Å²) in [7, 11) is 0. The van der Waals surface area contributed by atoms with Crippen molar-refractivity contribution in [1.29, 1.82) is 0 Å². The van der Waals surface area contributed by atoms with Gasteiger partial charge in [-0.3, -0.25) is 9.59 Å². The van der Waals surface area contributed by atoms with Crippen LogP contribution >= 0.6 is 0 Å². The van der Waals surface area contributed by atoms with Gasteiger partial charge in [-0.25, -0.2) is 4.98 Å². The number of amides is 2. The molecule has 28 heavy (non-hydrogen) atoms. The Kier molecular flexibility index (Phi) is 4.11. The number of H-pyrrole nitrogens is 1. The Labute approximate surface area is 163 Å². The van der Waals surface area contributed by atoms with Crippen molar-refractivity contribution in [1.82, 2.24) is 14.9 Å². The number of likely N-dealkylation sites (tertiary alicyclic amines) is 1. The molecule has 1 aromatic carbocycles. The van der Waals surface area contributed by atoms with Gasteiger partial charge in [-0.2, -0.15) is 0 Å². The average molecular weight is 374 g/mol. The van der Waals surface area contributed by atoms with Crippen molar-refractivity contribution in [3.8, 4) is 11.1 Å². The Bertz CT molecular complexity index is 1050. The average Bonchev–Trinajstić information content (AvgIpc) is 3.39. The summed E-state index contributed by atoms with van der Waals surface area (Å²) < 4.78 is 0. The van der Waals surface area contributed by atoms with Crippen LogP contribution in [-0.4, -0.2) is 39.8 Å². The van der Waals surface area contributed by atoms with E-state index in [0.717, 1.165) is 60.1 Å². The van der Waals surface area contributed by atoms with Gasteiger partial charge < -0.3 is 15.2 Å². The van der Waals surface area contributed by atoms with Crippen LogP contribution < -0.4 is 5.32 Å². The lowest BCUT2D eigenvalue weighted by Gasteiger charge is -2.30. The molecule has 5 rings (SSSR count). The van der Waals surface area contributed by atoms with Crippen molar-refractivity contribution < 1.29 is 9.59 Å². The van der Waals surface area contributed by atoms with E-state index >= 15 is 0 Å². The van der Waals surface area contributed by atoms with Crippen molar-refractivity contribution in [2.75, 3.05) is 18.4 Å². The van der Waals surface area contributed by atoms with E-state index < -0.39 is 0 Å². The predicted octanol–water partition coefficient (Wildman–Crippen LogP) is 3.35. The molecule has 2 aliphatic rings. The number of nitrogens with zero attached hydrogens (tertiary/aromatic N) is 2. The summed E-state index contributed by atoms with van der Waals surface area (Å²) in [5, 5.41) is 3.95. The van der Waals surface area contributed by atoms with Crippen molar-refractivity contribution >= 4 is 28.7 Å².